The van der Waals surface area contributed by atoms with Gasteiger partial charge in [-0.05, 0) is 55.9 Å². The van der Waals surface area contributed by atoms with E-state index in [-0.39, 0.29) is 6.10 Å². The van der Waals surface area contributed by atoms with Crippen LogP contribution in [0.15, 0.2) is 0 Å². The number of aliphatic hydroxyl groups is 1. The van der Waals surface area contributed by atoms with Crippen molar-refractivity contribution < 1.29 is 5.11 Å². The van der Waals surface area contributed by atoms with Crippen LogP contribution in [0.25, 0.3) is 0 Å². The molecule has 18 heavy (non-hydrogen) atoms. The van der Waals surface area contributed by atoms with Gasteiger partial charge < -0.3 is 5.11 Å². The summed E-state index contributed by atoms with van der Waals surface area (Å²) < 4.78 is 0. The van der Waals surface area contributed by atoms with Crippen LogP contribution < -0.4 is 0 Å². The first-order valence-corrected chi connectivity index (χ1v) is 7.81. The van der Waals surface area contributed by atoms with E-state index in [0.29, 0.717) is 11.5 Å². The first kappa shape index (κ1) is 14.3. The topological polar surface area (TPSA) is 23.5 Å². The van der Waals surface area contributed by atoms with Gasteiger partial charge in [0.25, 0.3) is 0 Å². The van der Waals surface area contributed by atoms with Crippen LogP contribution in [0.1, 0.15) is 59.8 Å². The second-order valence-corrected chi connectivity index (χ2v) is 7.68. The van der Waals surface area contributed by atoms with Crippen molar-refractivity contribution in [1.82, 2.24) is 4.90 Å². The number of nitrogens with zero attached hydrogens (tertiary/aromatic N) is 1. The van der Waals surface area contributed by atoms with Crippen molar-refractivity contribution in [1.29, 1.82) is 0 Å². The van der Waals surface area contributed by atoms with E-state index in [1.165, 1.54) is 32.4 Å². The Bertz CT molecular complexity index is 274. The molecule has 1 heterocycles. The molecule has 1 aliphatic carbocycles. The molecule has 0 aromatic rings. The van der Waals surface area contributed by atoms with E-state index in [2.05, 4.69) is 32.6 Å². The van der Waals surface area contributed by atoms with Crippen molar-refractivity contribution in [3.05, 3.63) is 0 Å². The van der Waals surface area contributed by atoms with Gasteiger partial charge in [0, 0.05) is 12.6 Å². The van der Waals surface area contributed by atoms with Gasteiger partial charge in [-0.1, -0.05) is 27.7 Å². The first-order chi connectivity index (χ1) is 8.39. The third-order valence-electron chi connectivity index (χ3n) is 5.10. The summed E-state index contributed by atoms with van der Waals surface area (Å²) in [4.78, 5) is 2.69. The van der Waals surface area contributed by atoms with Gasteiger partial charge in [0.05, 0.1) is 6.10 Å². The van der Waals surface area contributed by atoms with Crippen LogP contribution in [0.4, 0.5) is 0 Å². The molecule has 0 radical (unpaired) electrons. The Kier molecular flexibility index (Phi) is 4.38. The van der Waals surface area contributed by atoms with Crippen molar-refractivity contribution in [2.24, 2.45) is 17.3 Å². The van der Waals surface area contributed by atoms with Crippen LogP contribution in [0, 0.1) is 17.3 Å². The summed E-state index contributed by atoms with van der Waals surface area (Å²) in [6.07, 6.45) is 5.83. The normalized spacial score (nSPS) is 38.0. The van der Waals surface area contributed by atoms with Crippen molar-refractivity contribution in [3.8, 4) is 0 Å². The fraction of sp³-hybridized carbons (Fsp3) is 1.00. The first-order valence-electron chi connectivity index (χ1n) is 7.81. The predicted octanol–water partition coefficient (Wildman–Crippen LogP) is 3.29. The van der Waals surface area contributed by atoms with E-state index in [1.807, 2.05) is 0 Å². The van der Waals surface area contributed by atoms with Gasteiger partial charge >= 0.3 is 0 Å². The highest BCUT2D eigenvalue weighted by Gasteiger charge is 2.38. The number of hydrogen-bond donors (Lipinski definition) is 1. The van der Waals surface area contributed by atoms with Crippen molar-refractivity contribution in [2.45, 2.75) is 71.9 Å². The molecule has 2 rings (SSSR count). The van der Waals surface area contributed by atoms with Gasteiger partial charge in [0.15, 0.2) is 0 Å². The van der Waals surface area contributed by atoms with Crippen LogP contribution in [-0.2, 0) is 0 Å². The highest BCUT2D eigenvalue weighted by Crippen LogP contribution is 2.38. The SMILES string of the molecule is CC(C)C1CCC(O)CC1N1CCCC(C)(C)C1. The third kappa shape index (κ3) is 3.27. The van der Waals surface area contributed by atoms with Crippen molar-refractivity contribution in [2.75, 3.05) is 13.1 Å². The highest BCUT2D eigenvalue weighted by molar-refractivity contribution is 4.92. The number of rotatable bonds is 2. The van der Waals surface area contributed by atoms with Crippen LogP contribution in [0.3, 0.4) is 0 Å². The number of aliphatic hydroxyl groups excluding tert-OH is 1. The molecule has 2 fully saturated rings. The largest absolute Gasteiger partial charge is 0.393 e. The lowest BCUT2D eigenvalue weighted by Crippen LogP contribution is -2.52. The van der Waals surface area contributed by atoms with E-state index in [0.717, 1.165) is 24.7 Å². The molecule has 3 atom stereocenters. The molecule has 0 aromatic heterocycles. The molecule has 2 heteroatoms. The summed E-state index contributed by atoms with van der Waals surface area (Å²) in [5.74, 6) is 1.52. The molecule has 2 aliphatic rings. The Hall–Kier alpha value is -0.0800. The van der Waals surface area contributed by atoms with Gasteiger partial charge in [0.2, 0.25) is 0 Å². The minimum Gasteiger partial charge on any atom is -0.393 e. The maximum atomic E-state index is 10.0. The molecule has 3 unspecified atom stereocenters. The summed E-state index contributed by atoms with van der Waals surface area (Å²) in [6.45, 7) is 11.9. The molecule has 106 valence electrons. The lowest BCUT2D eigenvalue weighted by atomic mass is 9.74. The van der Waals surface area contributed by atoms with Crippen LogP contribution >= 0.6 is 0 Å². The smallest absolute Gasteiger partial charge is 0.0555 e. The van der Waals surface area contributed by atoms with Gasteiger partial charge in [-0.3, -0.25) is 4.90 Å². The van der Waals surface area contributed by atoms with E-state index in [4.69, 9.17) is 0 Å². The predicted molar refractivity (Wildman–Crippen MR) is 76.6 cm³/mol. The van der Waals surface area contributed by atoms with E-state index < -0.39 is 0 Å². The van der Waals surface area contributed by atoms with Gasteiger partial charge in [-0.15, -0.1) is 0 Å². The maximum absolute atomic E-state index is 10.0. The molecule has 0 amide bonds. The molecule has 1 N–H and O–H groups in total. The van der Waals surface area contributed by atoms with Crippen LogP contribution in [-0.4, -0.2) is 35.2 Å². The summed E-state index contributed by atoms with van der Waals surface area (Å²) in [6, 6.07) is 0.619. The van der Waals surface area contributed by atoms with Crippen molar-refractivity contribution in [3.63, 3.8) is 0 Å². The Labute approximate surface area is 113 Å². The lowest BCUT2D eigenvalue weighted by molar-refractivity contribution is -0.0188. The van der Waals surface area contributed by atoms with E-state index >= 15 is 0 Å². The molecular weight excluding hydrogens is 222 g/mol. The van der Waals surface area contributed by atoms with Crippen molar-refractivity contribution >= 4 is 0 Å². The Morgan fingerprint density at radius 3 is 2.56 bits per heavy atom. The molecule has 0 bridgehead atoms. The number of hydrogen-bond acceptors (Lipinski definition) is 2. The minimum absolute atomic E-state index is 0.0601. The monoisotopic (exact) mass is 253 g/mol. The Morgan fingerprint density at radius 1 is 1.22 bits per heavy atom. The summed E-state index contributed by atoms with van der Waals surface area (Å²) in [7, 11) is 0. The quantitative estimate of drug-likeness (QED) is 0.816. The standard InChI is InChI=1S/C16H31NO/c1-12(2)14-7-6-13(18)10-15(14)17-9-5-8-16(3,4)11-17/h12-15,18H,5-11H2,1-4H3. The molecule has 0 spiro atoms. The summed E-state index contributed by atoms with van der Waals surface area (Å²) in [5, 5.41) is 10.0. The third-order valence-corrected chi connectivity index (χ3v) is 5.10. The molecule has 1 saturated heterocycles. The maximum Gasteiger partial charge on any atom is 0.0555 e. The molecule has 0 aromatic carbocycles. The summed E-state index contributed by atoms with van der Waals surface area (Å²) in [5.41, 5.74) is 0.460. The molecule has 2 nitrogen and oxygen atoms in total. The van der Waals surface area contributed by atoms with Gasteiger partial charge in [-0.25, -0.2) is 0 Å². The molecule has 1 aliphatic heterocycles. The second-order valence-electron chi connectivity index (χ2n) is 7.68. The minimum atomic E-state index is -0.0601. The summed E-state index contributed by atoms with van der Waals surface area (Å²) >= 11 is 0. The highest BCUT2D eigenvalue weighted by atomic mass is 16.3. The van der Waals surface area contributed by atoms with Crippen LogP contribution in [0.2, 0.25) is 0 Å². The van der Waals surface area contributed by atoms with E-state index in [9.17, 15) is 5.11 Å². The fourth-order valence-corrected chi connectivity index (χ4v) is 4.10. The number of likely N-dealkylation sites (tertiary alicyclic amines) is 1. The Morgan fingerprint density at radius 2 is 1.94 bits per heavy atom. The zero-order valence-electron chi connectivity index (χ0n) is 12.7. The lowest BCUT2D eigenvalue weighted by Gasteiger charge is -2.48. The fourth-order valence-electron chi connectivity index (χ4n) is 4.10. The molecule has 1 saturated carbocycles. The zero-order chi connectivity index (χ0) is 13.3. The average molecular weight is 253 g/mol. The van der Waals surface area contributed by atoms with Gasteiger partial charge in [-0.2, -0.15) is 0 Å². The van der Waals surface area contributed by atoms with E-state index in [1.54, 1.807) is 0 Å². The average Bonchev–Trinajstić information content (AvgIpc) is 2.27. The zero-order valence-corrected chi connectivity index (χ0v) is 12.7. The Balaban J connectivity index is 2.07. The van der Waals surface area contributed by atoms with Crippen LogP contribution in [0.5, 0.6) is 0 Å². The van der Waals surface area contributed by atoms with Gasteiger partial charge in [0.1, 0.15) is 0 Å². The second kappa shape index (κ2) is 5.50. The molecular formula is C16H31NO. The number of piperidine rings is 1.